The van der Waals surface area contributed by atoms with Gasteiger partial charge in [0.2, 0.25) is 0 Å². The minimum Gasteiger partial charge on any atom is -0.383 e. The van der Waals surface area contributed by atoms with Gasteiger partial charge in [-0.05, 0) is 42.9 Å². The maximum absolute atomic E-state index is 9.06. The Morgan fingerprint density at radius 1 is 1.41 bits per heavy atom. The first-order chi connectivity index (χ1) is 8.06. The number of nitrogens with one attached hydrogen (secondary N) is 1. The van der Waals surface area contributed by atoms with Gasteiger partial charge >= 0.3 is 0 Å². The van der Waals surface area contributed by atoms with Gasteiger partial charge in [0.05, 0.1) is 11.5 Å². The second-order valence-electron chi connectivity index (χ2n) is 5.47. The molecule has 0 unspecified atom stereocenters. The predicted octanol–water partition coefficient (Wildman–Crippen LogP) is 3.83. The van der Waals surface area contributed by atoms with Crippen LogP contribution < -0.4 is 5.32 Å². The number of nitrogens with zero attached hydrogens (tertiary/aromatic N) is 1. The number of rotatable bonds is 4. The third-order valence-corrected chi connectivity index (χ3v) is 3.64. The summed E-state index contributed by atoms with van der Waals surface area (Å²) < 4.78 is 0. The van der Waals surface area contributed by atoms with E-state index in [0.717, 1.165) is 19.4 Å². The summed E-state index contributed by atoms with van der Waals surface area (Å²) >= 11 is 0. The van der Waals surface area contributed by atoms with Crippen molar-refractivity contribution in [1.82, 2.24) is 0 Å². The molecule has 2 heteroatoms. The molecule has 1 aromatic carbocycles. The molecular weight excluding hydrogens is 208 g/mol. The summed E-state index contributed by atoms with van der Waals surface area (Å²) in [7, 11) is 0. The monoisotopic (exact) mass is 228 g/mol. The Kier molecular flexibility index (Phi) is 3.11. The van der Waals surface area contributed by atoms with Crippen molar-refractivity contribution >= 4 is 5.69 Å². The zero-order valence-electron chi connectivity index (χ0n) is 10.9. The lowest BCUT2D eigenvalue weighted by Crippen LogP contribution is -2.14. The number of aryl methyl sites for hydroxylation is 1. The molecule has 1 saturated carbocycles. The summed E-state index contributed by atoms with van der Waals surface area (Å²) in [6.07, 6.45) is 2.08. The lowest BCUT2D eigenvalue weighted by Gasteiger charge is -2.15. The van der Waals surface area contributed by atoms with Crippen LogP contribution in [0.2, 0.25) is 0 Å². The average Bonchev–Trinajstić information content (AvgIpc) is 3.08. The van der Waals surface area contributed by atoms with Crippen molar-refractivity contribution in [2.45, 2.75) is 39.5 Å². The highest BCUT2D eigenvalue weighted by Gasteiger charge is 2.42. The van der Waals surface area contributed by atoms with Gasteiger partial charge in [-0.2, -0.15) is 5.26 Å². The van der Waals surface area contributed by atoms with Crippen LogP contribution in [0.5, 0.6) is 0 Å². The van der Waals surface area contributed by atoms with Crippen molar-refractivity contribution in [3.05, 3.63) is 29.3 Å². The van der Waals surface area contributed by atoms with Crippen LogP contribution in [0.3, 0.4) is 0 Å². The summed E-state index contributed by atoms with van der Waals surface area (Å²) in [4.78, 5) is 0. The molecule has 0 aliphatic heterocycles. The maximum Gasteiger partial charge on any atom is 0.0747 e. The quantitative estimate of drug-likeness (QED) is 0.850. The highest BCUT2D eigenvalue weighted by Crippen LogP contribution is 2.44. The highest BCUT2D eigenvalue weighted by molar-refractivity contribution is 5.53. The smallest absolute Gasteiger partial charge is 0.0747 e. The van der Waals surface area contributed by atoms with E-state index in [1.54, 1.807) is 0 Å². The third-order valence-electron chi connectivity index (χ3n) is 3.64. The van der Waals surface area contributed by atoms with E-state index in [4.69, 9.17) is 5.26 Å². The fraction of sp³-hybridized carbons (Fsp3) is 0.533. The molecule has 0 aromatic heterocycles. The van der Waals surface area contributed by atoms with Crippen LogP contribution in [0.4, 0.5) is 5.69 Å². The van der Waals surface area contributed by atoms with Gasteiger partial charge in [0.15, 0.2) is 0 Å². The SMILES string of the molecule is Cc1ccc(C(C)C)cc1NCC1(C#N)CC1. The number of benzene rings is 1. The summed E-state index contributed by atoms with van der Waals surface area (Å²) in [5.74, 6) is 0.544. The Morgan fingerprint density at radius 3 is 2.65 bits per heavy atom. The van der Waals surface area contributed by atoms with Crippen molar-refractivity contribution in [2.24, 2.45) is 5.41 Å². The Balaban J connectivity index is 2.10. The number of anilines is 1. The number of hydrogen-bond donors (Lipinski definition) is 1. The Morgan fingerprint density at radius 2 is 2.12 bits per heavy atom. The van der Waals surface area contributed by atoms with E-state index in [2.05, 4.69) is 50.4 Å². The summed E-state index contributed by atoms with van der Waals surface area (Å²) in [6, 6.07) is 8.97. The van der Waals surface area contributed by atoms with E-state index in [1.807, 2.05) is 0 Å². The topological polar surface area (TPSA) is 35.8 Å². The maximum atomic E-state index is 9.06. The molecule has 2 rings (SSSR count). The molecule has 0 saturated heterocycles. The zero-order valence-corrected chi connectivity index (χ0v) is 10.9. The van der Waals surface area contributed by atoms with E-state index >= 15 is 0 Å². The Labute approximate surface area is 104 Å². The standard InChI is InChI=1S/C15H20N2/c1-11(2)13-5-4-12(3)14(8-13)17-10-15(9-16)6-7-15/h4-5,8,11,17H,6-7,10H2,1-3H3. The van der Waals surface area contributed by atoms with Gasteiger partial charge in [0.1, 0.15) is 0 Å². The molecule has 1 aliphatic rings. The molecular formula is C15H20N2. The van der Waals surface area contributed by atoms with E-state index < -0.39 is 0 Å². The molecule has 0 spiro atoms. The van der Waals surface area contributed by atoms with Gasteiger partial charge in [-0.1, -0.05) is 26.0 Å². The van der Waals surface area contributed by atoms with Gasteiger partial charge < -0.3 is 5.32 Å². The third kappa shape index (κ3) is 2.61. The van der Waals surface area contributed by atoms with E-state index in [0.29, 0.717) is 5.92 Å². The molecule has 0 atom stereocenters. The van der Waals surface area contributed by atoms with Crippen LogP contribution in [0.15, 0.2) is 18.2 Å². The molecule has 0 amide bonds. The first kappa shape index (κ1) is 12.0. The van der Waals surface area contributed by atoms with E-state index in [9.17, 15) is 0 Å². The first-order valence-corrected chi connectivity index (χ1v) is 6.32. The largest absolute Gasteiger partial charge is 0.383 e. The zero-order chi connectivity index (χ0) is 12.5. The second-order valence-corrected chi connectivity index (χ2v) is 5.47. The molecule has 0 bridgehead atoms. The minimum atomic E-state index is -0.0831. The van der Waals surface area contributed by atoms with Gasteiger partial charge in [0.25, 0.3) is 0 Å². The average molecular weight is 228 g/mol. The van der Waals surface area contributed by atoms with Crippen LogP contribution in [0.1, 0.15) is 43.7 Å². The van der Waals surface area contributed by atoms with Crippen LogP contribution in [0.25, 0.3) is 0 Å². The Hall–Kier alpha value is -1.49. The summed E-state index contributed by atoms with van der Waals surface area (Å²) in [5, 5.41) is 12.5. The molecule has 1 aliphatic carbocycles. The minimum absolute atomic E-state index is 0.0831. The molecule has 90 valence electrons. The fourth-order valence-corrected chi connectivity index (χ4v) is 1.93. The molecule has 0 radical (unpaired) electrons. The Bertz CT molecular complexity index is 450. The number of nitriles is 1. The molecule has 1 aromatic rings. The molecule has 17 heavy (non-hydrogen) atoms. The van der Waals surface area contributed by atoms with Crippen LogP contribution in [-0.4, -0.2) is 6.54 Å². The first-order valence-electron chi connectivity index (χ1n) is 6.32. The molecule has 1 fully saturated rings. The van der Waals surface area contributed by atoms with Crippen molar-refractivity contribution in [2.75, 3.05) is 11.9 Å². The van der Waals surface area contributed by atoms with Gasteiger partial charge in [-0.25, -0.2) is 0 Å². The van der Waals surface area contributed by atoms with Gasteiger partial charge in [-0.3, -0.25) is 0 Å². The van der Waals surface area contributed by atoms with Gasteiger partial charge in [0, 0.05) is 12.2 Å². The number of hydrogen-bond acceptors (Lipinski definition) is 2. The van der Waals surface area contributed by atoms with Crippen LogP contribution >= 0.6 is 0 Å². The van der Waals surface area contributed by atoms with Crippen molar-refractivity contribution in [3.63, 3.8) is 0 Å². The van der Waals surface area contributed by atoms with Gasteiger partial charge in [-0.15, -0.1) is 0 Å². The highest BCUT2D eigenvalue weighted by atomic mass is 14.9. The van der Waals surface area contributed by atoms with E-state index in [1.165, 1.54) is 16.8 Å². The van der Waals surface area contributed by atoms with Crippen LogP contribution in [0, 0.1) is 23.7 Å². The van der Waals surface area contributed by atoms with Crippen LogP contribution in [-0.2, 0) is 0 Å². The summed E-state index contributed by atoms with van der Waals surface area (Å²) in [6.45, 7) is 7.29. The molecule has 0 heterocycles. The van der Waals surface area contributed by atoms with Crippen molar-refractivity contribution < 1.29 is 0 Å². The van der Waals surface area contributed by atoms with Crippen molar-refractivity contribution in [1.29, 1.82) is 5.26 Å². The summed E-state index contributed by atoms with van der Waals surface area (Å²) in [5.41, 5.74) is 3.70. The van der Waals surface area contributed by atoms with Crippen molar-refractivity contribution in [3.8, 4) is 6.07 Å². The van der Waals surface area contributed by atoms with E-state index in [-0.39, 0.29) is 5.41 Å². The normalized spacial score (nSPS) is 16.6. The molecule has 1 N–H and O–H groups in total. The fourth-order valence-electron chi connectivity index (χ4n) is 1.93. The second kappa shape index (κ2) is 4.41. The lowest BCUT2D eigenvalue weighted by molar-refractivity contribution is 0.710. The lowest BCUT2D eigenvalue weighted by atomic mass is 10.0. The predicted molar refractivity (Wildman–Crippen MR) is 71.0 cm³/mol. The molecule has 2 nitrogen and oxygen atoms in total.